The summed E-state index contributed by atoms with van der Waals surface area (Å²) >= 11 is 0. The van der Waals surface area contributed by atoms with E-state index < -0.39 is 17.5 Å². The van der Waals surface area contributed by atoms with Crippen LogP contribution >= 0.6 is 0 Å². The van der Waals surface area contributed by atoms with Crippen molar-refractivity contribution in [3.8, 4) is 5.75 Å². The fourth-order valence-corrected chi connectivity index (χ4v) is 2.54. The number of hydrogen-bond acceptors (Lipinski definition) is 6. The van der Waals surface area contributed by atoms with Crippen molar-refractivity contribution in [3.63, 3.8) is 0 Å². The normalized spacial score (nSPS) is 10.2. The van der Waals surface area contributed by atoms with Gasteiger partial charge in [0.05, 0.1) is 11.5 Å². The summed E-state index contributed by atoms with van der Waals surface area (Å²) in [5.74, 6) is -0.832. The third-order valence-corrected chi connectivity index (χ3v) is 3.89. The number of carbonyl (C=O) groups is 2. The first kappa shape index (κ1) is 20.7. The van der Waals surface area contributed by atoms with Gasteiger partial charge in [-0.1, -0.05) is 24.3 Å². The van der Waals surface area contributed by atoms with Crippen LogP contribution < -0.4 is 15.0 Å². The van der Waals surface area contributed by atoms with E-state index in [2.05, 4.69) is 5.32 Å². The minimum Gasteiger partial charge on any atom is -0.482 e. The van der Waals surface area contributed by atoms with Crippen LogP contribution in [-0.2, 0) is 16.0 Å². The number of rotatable bonds is 10. The topological polar surface area (TPSA) is 122 Å². The molecular weight excluding hydrogens is 366 g/mol. The molecule has 2 aromatic carbocycles. The van der Waals surface area contributed by atoms with Crippen molar-refractivity contribution in [1.29, 1.82) is 0 Å². The highest BCUT2D eigenvalue weighted by Gasteiger charge is 2.17. The molecule has 148 valence electrons. The van der Waals surface area contributed by atoms with Crippen LogP contribution in [0.4, 0.5) is 11.4 Å². The van der Waals surface area contributed by atoms with Gasteiger partial charge < -0.3 is 20.1 Å². The van der Waals surface area contributed by atoms with Gasteiger partial charge in [-0.05, 0) is 30.2 Å². The molecule has 1 amide bonds. The number of carboxylic acids is 1. The molecule has 0 spiro atoms. The lowest BCUT2D eigenvalue weighted by Gasteiger charge is -2.18. The molecule has 0 unspecified atom stereocenters. The highest BCUT2D eigenvalue weighted by molar-refractivity contribution is 5.82. The molecule has 9 nitrogen and oxygen atoms in total. The Morgan fingerprint density at radius 3 is 2.50 bits per heavy atom. The van der Waals surface area contributed by atoms with Gasteiger partial charge in [0.2, 0.25) is 5.91 Å². The van der Waals surface area contributed by atoms with Crippen molar-refractivity contribution >= 4 is 23.3 Å². The predicted octanol–water partition coefficient (Wildman–Crippen LogP) is 1.85. The Labute approximate surface area is 161 Å². The Balaban J connectivity index is 1.80. The number of hydrogen-bond donors (Lipinski definition) is 2. The molecule has 0 aromatic heterocycles. The van der Waals surface area contributed by atoms with E-state index in [1.165, 1.54) is 11.0 Å². The zero-order valence-corrected chi connectivity index (χ0v) is 15.3. The van der Waals surface area contributed by atoms with Gasteiger partial charge in [0, 0.05) is 19.7 Å². The van der Waals surface area contributed by atoms with E-state index in [4.69, 9.17) is 9.84 Å². The number of carboxylic acid groups (broad SMARTS) is 1. The summed E-state index contributed by atoms with van der Waals surface area (Å²) in [7, 11) is 1.62. The maximum atomic E-state index is 12.1. The quantitative estimate of drug-likeness (QED) is 0.471. The number of ether oxygens (including phenoxy) is 1. The van der Waals surface area contributed by atoms with Crippen molar-refractivity contribution in [1.82, 2.24) is 5.32 Å². The van der Waals surface area contributed by atoms with Crippen LogP contribution in [0.25, 0.3) is 0 Å². The molecular formula is C19H21N3O6. The summed E-state index contributed by atoms with van der Waals surface area (Å²) in [5.41, 5.74) is 1.28. The number of nitro groups is 1. The highest BCUT2D eigenvalue weighted by atomic mass is 16.6. The van der Waals surface area contributed by atoms with Gasteiger partial charge in [-0.15, -0.1) is 0 Å². The summed E-state index contributed by atoms with van der Waals surface area (Å²) in [4.78, 5) is 34.7. The van der Waals surface area contributed by atoms with Crippen molar-refractivity contribution in [2.45, 2.75) is 6.42 Å². The Hall–Kier alpha value is -3.62. The van der Waals surface area contributed by atoms with E-state index in [9.17, 15) is 19.7 Å². The maximum absolute atomic E-state index is 12.1. The lowest BCUT2D eigenvalue weighted by atomic mass is 10.1. The number of likely N-dealkylation sites (N-methyl/N-ethyl adjacent to an activating group) is 1. The number of anilines is 1. The summed E-state index contributed by atoms with van der Waals surface area (Å²) in [6.45, 7) is -0.00575. The molecule has 0 fully saturated rings. The first-order valence-electron chi connectivity index (χ1n) is 8.51. The van der Waals surface area contributed by atoms with E-state index in [0.717, 1.165) is 5.56 Å². The second-order valence-corrected chi connectivity index (χ2v) is 6.03. The average Bonchev–Trinajstić information content (AvgIpc) is 2.67. The van der Waals surface area contributed by atoms with Crippen LogP contribution in [-0.4, -0.2) is 48.7 Å². The third-order valence-electron chi connectivity index (χ3n) is 3.89. The number of nitrogens with zero attached hydrogens (tertiary/aromatic N) is 2. The Bertz CT molecular complexity index is 838. The molecule has 0 aliphatic carbocycles. The summed E-state index contributed by atoms with van der Waals surface area (Å²) in [6, 6.07) is 13.2. The summed E-state index contributed by atoms with van der Waals surface area (Å²) < 4.78 is 5.05. The molecule has 0 saturated carbocycles. The zero-order chi connectivity index (χ0) is 20.5. The molecule has 9 heteroatoms. The van der Waals surface area contributed by atoms with Crippen LogP contribution in [0.15, 0.2) is 48.5 Å². The predicted molar refractivity (Wildman–Crippen MR) is 103 cm³/mol. The molecule has 0 heterocycles. The number of nitrogens with one attached hydrogen (secondary N) is 1. The molecule has 0 aliphatic heterocycles. The van der Waals surface area contributed by atoms with Crippen LogP contribution in [0.2, 0.25) is 0 Å². The highest BCUT2D eigenvalue weighted by Crippen LogP contribution is 2.26. The number of para-hydroxylation sites is 2. The zero-order valence-electron chi connectivity index (χ0n) is 15.3. The molecule has 2 rings (SSSR count). The first-order valence-corrected chi connectivity index (χ1v) is 8.51. The van der Waals surface area contributed by atoms with Gasteiger partial charge in [-0.25, -0.2) is 4.79 Å². The number of benzene rings is 2. The van der Waals surface area contributed by atoms with E-state index in [1.54, 1.807) is 49.5 Å². The molecule has 0 bridgehead atoms. The van der Waals surface area contributed by atoms with Crippen LogP contribution in [0.1, 0.15) is 5.56 Å². The fourth-order valence-electron chi connectivity index (χ4n) is 2.54. The van der Waals surface area contributed by atoms with E-state index >= 15 is 0 Å². The lowest BCUT2D eigenvalue weighted by molar-refractivity contribution is -0.384. The Morgan fingerprint density at radius 1 is 1.18 bits per heavy atom. The number of nitro benzene ring substituents is 1. The SMILES string of the molecule is CN(CC(=O)NCCc1ccc(OCC(=O)O)cc1)c1ccccc1[N+](=O)[O-]. The molecule has 0 saturated heterocycles. The van der Waals surface area contributed by atoms with Gasteiger partial charge in [-0.3, -0.25) is 14.9 Å². The minimum absolute atomic E-state index is 0.00712. The monoisotopic (exact) mass is 387 g/mol. The van der Waals surface area contributed by atoms with Crippen molar-refractivity contribution in [2.75, 3.05) is 31.6 Å². The first-order chi connectivity index (χ1) is 13.4. The van der Waals surface area contributed by atoms with Crippen LogP contribution in [0, 0.1) is 10.1 Å². The third kappa shape index (κ3) is 6.27. The maximum Gasteiger partial charge on any atom is 0.341 e. The Kier molecular flexibility index (Phi) is 7.32. The standard InChI is InChI=1S/C19H21N3O6/c1-21(16-4-2-3-5-17(16)22(26)27)12-18(23)20-11-10-14-6-8-15(9-7-14)28-13-19(24)25/h2-9H,10-13H2,1H3,(H,20,23)(H,24,25). The Morgan fingerprint density at radius 2 is 1.86 bits per heavy atom. The number of aliphatic carboxylic acids is 1. The van der Waals surface area contributed by atoms with E-state index in [1.807, 2.05) is 0 Å². The fraction of sp³-hybridized carbons (Fsp3) is 0.263. The molecule has 0 radical (unpaired) electrons. The molecule has 2 N–H and O–H groups in total. The van der Waals surface area contributed by atoms with Gasteiger partial charge in [0.1, 0.15) is 11.4 Å². The summed E-state index contributed by atoms with van der Waals surface area (Å²) in [5, 5.41) is 22.4. The van der Waals surface area contributed by atoms with Crippen molar-refractivity contribution in [2.24, 2.45) is 0 Å². The van der Waals surface area contributed by atoms with Crippen LogP contribution in [0.5, 0.6) is 5.75 Å². The van der Waals surface area contributed by atoms with Crippen molar-refractivity contribution in [3.05, 3.63) is 64.2 Å². The number of amides is 1. The second kappa shape index (κ2) is 9.91. The van der Waals surface area contributed by atoms with Gasteiger partial charge in [0.25, 0.3) is 5.69 Å². The van der Waals surface area contributed by atoms with Crippen molar-refractivity contribution < 1.29 is 24.4 Å². The lowest BCUT2D eigenvalue weighted by Crippen LogP contribution is -2.36. The van der Waals surface area contributed by atoms with Crippen LogP contribution in [0.3, 0.4) is 0 Å². The number of carbonyl (C=O) groups excluding carboxylic acids is 1. The van der Waals surface area contributed by atoms with Gasteiger partial charge >= 0.3 is 5.97 Å². The molecule has 0 aliphatic rings. The minimum atomic E-state index is -1.04. The molecule has 28 heavy (non-hydrogen) atoms. The van der Waals surface area contributed by atoms with E-state index in [0.29, 0.717) is 24.4 Å². The van der Waals surface area contributed by atoms with Gasteiger partial charge in [-0.2, -0.15) is 0 Å². The smallest absolute Gasteiger partial charge is 0.341 e. The average molecular weight is 387 g/mol. The molecule has 2 aromatic rings. The second-order valence-electron chi connectivity index (χ2n) is 6.03. The molecule has 0 atom stereocenters. The van der Waals surface area contributed by atoms with E-state index in [-0.39, 0.29) is 18.1 Å². The summed E-state index contributed by atoms with van der Waals surface area (Å²) in [6.07, 6.45) is 0.583. The largest absolute Gasteiger partial charge is 0.482 e. The van der Waals surface area contributed by atoms with Gasteiger partial charge in [0.15, 0.2) is 6.61 Å².